The average molecular weight is 205 g/mol. The van der Waals surface area contributed by atoms with Gasteiger partial charge in [0.1, 0.15) is 0 Å². The van der Waals surface area contributed by atoms with E-state index in [0.717, 1.165) is 5.39 Å². The molecule has 3 nitrogen and oxygen atoms in total. The molecule has 1 aliphatic rings. The molecule has 3 rings (SSSR count). The monoisotopic (exact) mass is 205 g/mol. The lowest BCUT2D eigenvalue weighted by Crippen LogP contribution is -2.24. The average Bonchev–Trinajstić information content (AvgIpc) is 2.48. The molecule has 4 heteroatoms. The summed E-state index contributed by atoms with van der Waals surface area (Å²) < 4.78 is 15.0. The predicted molar refractivity (Wildman–Crippen MR) is 53.2 cm³/mol. The number of pyridine rings is 1. The first-order chi connectivity index (χ1) is 7.09. The summed E-state index contributed by atoms with van der Waals surface area (Å²) in [7, 11) is 0. The molecule has 1 atom stereocenters. The summed E-state index contributed by atoms with van der Waals surface area (Å²) in [6.07, 6.45) is 0. The SMILES string of the molecule is O=c1ccc2cccc3c2n1CC3(O)F. The van der Waals surface area contributed by atoms with Gasteiger partial charge < -0.3 is 9.67 Å². The smallest absolute Gasteiger partial charge is 0.253 e. The van der Waals surface area contributed by atoms with E-state index >= 15 is 0 Å². The number of alkyl halides is 1. The van der Waals surface area contributed by atoms with Crippen LogP contribution < -0.4 is 5.56 Å². The first kappa shape index (κ1) is 8.61. The van der Waals surface area contributed by atoms with Gasteiger partial charge in [-0.05, 0) is 11.5 Å². The Morgan fingerprint density at radius 1 is 1.33 bits per heavy atom. The Morgan fingerprint density at radius 3 is 2.93 bits per heavy atom. The van der Waals surface area contributed by atoms with E-state index in [1.54, 1.807) is 18.2 Å². The molecule has 0 amide bonds. The minimum atomic E-state index is -2.42. The zero-order chi connectivity index (χ0) is 10.6. The van der Waals surface area contributed by atoms with Crippen molar-refractivity contribution in [2.45, 2.75) is 12.4 Å². The van der Waals surface area contributed by atoms with Crippen LogP contribution in [0, 0.1) is 0 Å². The normalized spacial score (nSPS) is 23.6. The minimum Gasteiger partial charge on any atom is -0.357 e. The lowest BCUT2D eigenvalue weighted by atomic mass is 10.1. The van der Waals surface area contributed by atoms with Crippen LogP contribution in [-0.2, 0) is 12.4 Å². The van der Waals surface area contributed by atoms with E-state index in [4.69, 9.17) is 0 Å². The molecule has 15 heavy (non-hydrogen) atoms. The lowest BCUT2D eigenvalue weighted by molar-refractivity contribution is -0.0998. The van der Waals surface area contributed by atoms with Gasteiger partial charge in [-0.3, -0.25) is 4.79 Å². The van der Waals surface area contributed by atoms with Crippen LogP contribution in [0.5, 0.6) is 0 Å². The van der Waals surface area contributed by atoms with Crippen molar-refractivity contribution >= 4 is 10.9 Å². The van der Waals surface area contributed by atoms with Crippen molar-refractivity contribution in [2.24, 2.45) is 0 Å². The number of halogens is 1. The molecule has 2 heterocycles. The van der Waals surface area contributed by atoms with Crippen molar-refractivity contribution in [1.82, 2.24) is 4.57 Å². The maximum atomic E-state index is 13.8. The van der Waals surface area contributed by atoms with E-state index in [2.05, 4.69) is 0 Å². The van der Waals surface area contributed by atoms with E-state index in [-0.39, 0.29) is 17.7 Å². The summed E-state index contributed by atoms with van der Waals surface area (Å²) in [5.41, 5.74) is 0.385. The molecule has 1 aliphatic heterocycles. The third-order valence-electron chi connectivity index (χ3n) is 2.79. The van der Waals surface area contributed by atoms with Crippen LogP contribution in [0.3, 0.4) is 0 Å². The highest BCUT2D eigenvalue weighted by molar-refractivity contribution is 5.84. The summed E-state index contributed by atoms with van der Waals surface area (Å²) >= 11 is 0. The fraction of sp³-hybridized carbons (Fsp3) is 0.182. The van der Waals surface area contributed by atoms with Gasteiger partial charge in [-0.1, -0.05) is 18.2 Å². The van der Waals surface area contributed by atoms with Gasteiger partial charge in [-0.25, -0.2) is 4.39 Å². The number of nitrogens with zero attached hydrogens (tertiary/aromatic N) is 1. The molecule has 1 aromatic heterocycles. The van der Waals surface area contributed by atoms with Gasteiger partial charge in [-0.15, -0.1) is 0 Å². The van der Waals surface area contributed by atoms with Crippen LogP contribution in [0.4, 0.5) is 4.39 Å². The van der Waals surface area contributed by atoms with Crippen LogP contribution in [-0.4, -0.2) is 9.67 Å². The summed E-state index contributed by atoms with van der Waals surface area (Å²) in [6.45, 7) is -0.317. The van der Waals surface area contributed by atoms with Crippen LogP contribution >= 0.6 is 0 Å². The number of aliphatic hydroxyl groups is 1. The molecule has 1 N–H and O–H groups in total. The van der Waals surface area contributed by atoms with Gasteiger partial charge in [0.05, 0.1) is 12.1 Å². The predicted octanol–water partition coefficient (Wildman–Crippen LogP) is 1.13. The molecule has 0 saturated heterocycles. The molecule has 0 bridgehead atoms. The Hall–Kier alpha value is -1.68. The van der Waals surface area contributed by atoms with Crippen molar-refractivity contribution in [3.63, 3.8) is 0 Å². The van der Waals surface area contributed by atoms with Crippen molar-refractivity contribution in [3.05, 3.63) is 46.2 Å². The first-order valence-corrected chi connectivity index (χ1v) is 4.64. The topological polar surface area (TPSA) is 42.2 Å². The molecule has 1 unspecified atom stereocenters. The van der Waals surface area contributed by atoms with Crippen molar-refractivity contribution in [1.29, 1.82) is 0 Å². The van der Waals surface area contributed by atoms with Crippen molar-refractivity contribution < 1.29 is 9.50 Å². The molecule has 0 fully saturated rings. The maximum Gasteiger partial charge on any atom is 0.253 e. The first-order valence-electron chi connectivity index (χ1n) is 4.64. The minimum absolute atomic E-state index is 0.178. The van der Waals surface area contributed by atoms with Gasteiger partial charge in [0.2, 0.25) is 0 Å². The van der Waals surface area contributed by atoms with Gasteiger partial charge in [0.15, 0.2) is 0 Å². The molecule has 0 saturated carbocycles. The maximum absolute atomic E-state index is 13.8. The van der Waals surface area contributed by atoms with Crippen molar-refractivity contribution in [2.75, 3.05) is 0 Å². The largest absolute Gasteiger partial charge is 0.357 e. The highest BCUT2D eigenvalue weighted by atomic mass is 19.2. The second kappa shape index (κ2) is 2.46. The van der Waals surface area contributed by atoms with Crippen LogP contribution in [0.1, 0.15) is 5.56 Å². The number of hydrogen-bond acceptors (Lipinski definition) is 2. The number of benzene rings is 1. The molecule has 0 aliphatic carbocycles. The standard InChI is InChI=1S/C11H8FNO2/c12-11(15)6-13-9(14)5-4-7-2-1-3-8(11)10(7)13/h1-5,15H,6H2. The van der Waals surface area contributed by atoms with Gasteiger partial charge in [0.25, 0.3) is 11.4 Å². The van der Waals surface area contributed by atoms with E-state index in [0.29, 0.717) is 5.52 Å². The Balaban J connectivity index is 2.57. The second-order valence-electron chi connectivity index (χ2n) is 3.76. The summed E-state index contributed by atoms with van der Waals surface area (Å²) in [5.74, 6) is -2.42. The van der Waals surface area contributed by atoms with E-state index in [1.165, 1.54) is 16.7 Å². The Labute approximate surface area is 84.4 Å². The molecular weight excluding hydrogens is 197 g/mol. The van der Waals surface area contributed by atoms with Crippen LogP contribution in [0.15, 0.2) is 35.1 Å². The van der Waals surface area contributed by atoms with Crippen molar-refractivity contribution in [3.8, 4) is 0 Å². The number of hydrogen-bond donors (Lipinski definition) is 1. The summed E-state index contributed by atoms with van der Waals surface area (Å²) in [6, 6.07) is 7.98. The summed E-state index contributed by atoms with van der Waals surface area (Å²) in [4.78, 5) is 11.5. The Morgan fingerprint density at radius 2 is 2.13 bits per heavy atom. The zero-order valence-corrected chi connectivity index (χ0v) is 7.77. The van der Waals surface area contributed by atoms with Gasteiger partial charge in [0, 0.05) is 11.6 Å². The zero-order valence-electron chi connectivity index (χ0n) is 7.77. The fourth-order valence-electron chi connectivity index (χ4n) is 2.12. The summed E-state index contributed by atoms with van der Waals surface area (Å²) in [5, 5.41) is 10.3. The van der Waals surface area contributed by atoms with E-state index in [1.807, 2.05) is 0 Å². The van der Waals surface area contributed by atoms with Crippen LogP contribution in [0.2, 0.25) is 0 Å². The molecule has 2 aromatic rings. The third-order valence-corrected chi connectivity index (χ3v) is 2.79. The number of rotatable bonds is 0. The second-order valence-corrected chi connectivity index (χ2v) is 3.76. The third kappa shape index (κ3) is 0.995. The fourth-order valence-corrected chi connectivity index (χ4v) is 2.12. The highest BCUT2D eigenvalue weighted by Gasteiger charge is 2.38. The molecule has 0 spiro atoms. The Bertz CT molecular complexity index is 616. The Kier molecular flexibility index (Phi) is 1.41. The molecule has 76 valence electrons. The van der Waals surface area contributed by atoms with Crippen LogP contribution in [0.25, 0.3) is 10.9 Å². The highest BCUT2D eigenvalue weighted by Crippen LogP contribution is 2.36. The van der Waals surface area contributed by atoms with Gasteiger partial charge >= 0.3 is 0 Å². The molecular formula is C11H8FNO2. The van der Waals surface area contributed by atoms with Gasteiger partial charge in [-0.2, -0.15) is 0 Å². The molecule has 1 aromatic carbocycles. The quantitative estimate of drug-likeness (QED) is 0.700. The van der Waals surface area contributed by atoms with E-state index in [9.17, 15) is 14.3 Å². The van der Waals surface area contributed by atoms with E-state index < -0.39 is 5.85 Å². The number of para-hydroxylation sites is 1. The number of aromatic nitrogens is 1. The lowest BCUT2D eigenvalue weighted by Gasteiger charge is -2.10. The molecule has 0 radical (unpaired) electrons.